The van der Waals surface area contributed by atoms with Crippen LogP contribution in [-0.2, 0) is 25.7 Å². The van der Waals surface area contributed by atoms with Gasteiger partial charge in [0, 0.05) is 59.7 Å². The fourth-order valence-corrected chi connectivity index (χ4v) is 6.03. The van der Waals surface area contributed by atoms with Gasteiger partial charge in [-0.1, -0.05) is 13.3 Å². The van der Waals surface area contributed by atoms with Gasteiger partial charge in [0.15, 0.2) is 5.82 Å². The SMILES string of the molecule is CCCc1cc2c(N3CCn4c(nnc4C(F)(F)F)C3)nc(N3CC[C@H](NC(=O)I)C3)nc2s1. The maximum atomic E-state index is 13.3. The number of anilines is 2. The molecule has 0 bridgehead atoms. The number of nitrogens with zero attached hydrogens (tertiary/aromatic N) is 7. The van der Waals surface area contributed by atoms with E-state index < -0.39 is 12.0 Å². The molecule has 34 heavy (non-hydrogen) atoms. The third-order valence-corrected chi connectivity index (χ3v) is 7.40. The summed E-state index contributed by atoms with van der Waals surface area (Å²) in [5.41, 5.74) is 0. The van der Waals surface area contributed by atoms with Gasteiger partial charge in [-0.2, -0.15) is 18.2 Å². The van der Waals surface area contributed by atoms with E-state index in [1.165, 1.54) is 4.88 Å². The van der Waals surface area contributed by atoms with Crippen LogP contribution < -0.4 is 15.1 Å². The van der Waals surface area contributed by atoms with Crippen molar-refractivity contribution in [3.63, 3.8) is 0 Å². The molecule has 0 aromatic carbocycles. The molecule has 5 heterocycles. The van der Waals surface area contributed by atoms with Gasteiger partial charge in [0.25, 0.3) is 3.91 Å². The zero-order valence-corrected chi connectivity index (χ0v) is 21.2. The minimum Gasteiger partial charge on any atom is -0.347 e. The van der Waals surface area contributed by atoms with Gasteiger partial charge in [0.05, 0.1) is 11.9 Å². The number of fused-ring (bicyclic) bond motifs is 2. The van der Waals surface area contributed by atoms with E-state index in [4.69, 9.17) is 9.97 Å². The highest BCUT2D eigenvalue weighted by molar-refractivity contribution is 14.1. The van der Waals surface area contributed by atoms with Crippen molar-refractivity contribution in [2.24, 2.45) is 0 Å². The van der Waals surface area contributed by atoms with E-state index >= 15 is 0 Å². The second-order valence-electron chi connectivity index (χ2n) is 8.39. The molecule has 0 spiro atoms. The first kappa shape index (κ1) is 23.5. The van der Waals surface area contributed by atoms with Crippen molar-refractivity contribution in [2.45, 2.75) is 51.5 Å². The molecule has 0 saturated carbocycles. The summed E-state index contributed by atoms with van der Waals surface area (Å²) in [4.78, 5) is 27.2. The van der Waals surface area contributed by atoms with Crippen molar-refractivity contribution in [3.05, 3.63) is 22.6 Å². The quantitative estimate of drug-likeness (QED) is 0.267. The van der Waals surface area contributed by atoms with Crippen LogP contribution in [0.1, 0.15) is 36.3 Å². The minimum absolute atomic E-state index is 0.0282. The fraction of sp³-hybridized carbons (Fsp3) is 0.550. The number of rotatable bonds is 5. The average Bonchev–Trinajstić information content (AvgIpc) is 3.49. The lowest BCUT2D eigenvalue weighted by Crippen LogP contribution is -2.36. The third kappa shape index (κ3) is 4.53. The van der Waals surface area contributed by atoms with Crippen molar-refractivity contribution < 1.29 is 18.0 Å². The summed E-state index contributed by atoms with van der Waals surface area (Å²) in [5.74, 6) is 0.571. The van der Waals surface area contributed by atoms with Crippen LogP contribution in [0.4, 0.5) is 29.7 Å². The molecule has 2 aliphatic heterocycles. The molecule has 9 nitrogen and oxygen atoms in total. The largest absolute Gasteiger partial charge is 0.451 e. The van der Waals surface area contributed by atoms with Crippen LogP contribution in [0.3, 0.4) is 0 Å². The minimum atomic E-state index is -4.54. The predicted octanol–water partition coefficient (Wildman–Crippen LogP) is 4.00. The first-order chi connectivity index (χ1) is 16.2. The van der Waals surface area contributed by atoms with Crippen LogP contribution in [-0.4, -0.2) is 54.3 Å². The number of carbonyl (C=O) groups is 1. The van der Waals surface area contributed by atoms with Gasteiger partial charge in [-0.3, -0.25) is 4.79 Å². The summed E-state index contributed by atoms with van der Waals surface area (Å²) in [6.45, 7) is 4.09. The van der Waals surface area contributed by atoms with Crippen molar-refractivity contribution in [1.82, 2.24) is 30.0 Å². The van der Waals surface area contributed by atoms with Crippen molar-refractivity contribution in [2.75, 3.05) is 29.4 Å². The van der Waals surface area contributed by atoms with Gasteiger partial charge < -0.3 is 19.7 Å². The molecule has 1 fully saturated rings. The molecule has 0 radical (unpaired) electrons. The standard InChI is InChI=1S/C20H22F3IN8OS/c1-2-3-12-8-13-15(30-6-7-32-14(10-30)28-29-17(32)20(21,22)23)26-19(27-16(13)34-12)31-5-4-11(9-31)25-18(24)33/h8,11H,2-7,9-10H2,1H3,(H,25,33)/t11-/m0/s1. The Balaban J connectivity index is 1.49. The van der Waals surface area contributed by atoms with Crippen molar-refractivity contribution >= 4 is 59.8 Å². The number of carbonyl (C=O) groups excluding carboxylic acids is 1. The van der Waals surface area contributed by atoms with Crippen LogP contribution in [0.5, 0.6) is 0 Å². The molecule has 1 amide bonds. The lowest BCUT2D eigenvalue weighted by Gasteiger charge is -2.30. The molecule has 5 rings (SSSR count). The number of hydrogen-bond donors (Lipinski definition) is 1. The normalized spacial score (nSPS) is 18.6. The zero-order chi connectivity index (χ0) is 24.0. The maximum absolute atomic E-state index is 13.3. The van der Waals surface area contributed by atoms with Gasteiger partial charge >= 0.3 is 6.18 Å². The first-order valence-electron chi connectivity index (χ1n) is 11.0. The van der Waals surface area contributed by atoms with E-state index in [1.807, 2.05) is 9.80 Å². The van der Waals surface area contributed by atoms with Gasteiger partial charge in [-0.15, -0.1) is 21.5 Å². The van der Waals surface area contributed by atoms with Crippen LogP contribution in [0.25, 0.3) is 10.2 Å². The van der Waals surface area contributed by atoms with Crippen LogP contribution in [0.15, 0.2) is 6.07 Å². The third-order valence-electron chi connectivity index (χ3n) is 6.00. The molecule has 3 aromatic rings. The summed E-state index contributed by atoms with van der Waals surface area (Å²) in [6.07, 6.45) is -1.82. The predicted molar refractivity (Wildman–Crippen MR) is 131 cm³/mol. The van der Waals surface area contributed by atoms with E-state index in [2.05, 4.69) is 28.5 Å². The Labute approximate surface area is 210 Å². The number of amides is 1. The Kier molecular flexibility index (Phi) is 6.29. The second-order valence-corrected chi connectivity index (χ2v) is 10.5. The molecule has 14 heteroatoms. The highest BCUT2D eigenvalue weighted by atomic mass is 127. The topological polar surface area (TPSA) is 92.1 Å². The number of aromatic nitrogens is 5. The van der Waals surface area contributed by atoms with Crippen molar-refractivity contribution in [3.8, 4) is 0 Å². The number of aryl methyl sites for hydroxylation is 1. The van der Waals surface area contributed by atoms with Gasteiger partial charge in [0.1, 0.15) is 10.6 Å². The van der Waals surface area contributed by atoms with Crippen LogP contribution >= 0.6 is 33.9 Å². The van der Waals surface area contributed by atoms with E-state index in [1.54, 1.807) is 33.9 Å². The van der Waals surface area contributed by atoms with Crippen LogP contribution in [0.2, 0.25) is 0 Å². The fourth-order valence-electron chi connectivity index (χ4n) is 4.47. The monoisotopic (exact) mass is 606 g/mol. The van der Waals surface area contributed by atoms with E-state index in [0.29, 0.717) is 31.4 Å². The number of hydrogen-bond acceptors (Lipinski definition) is 8. The Morgan fingerprint density at radius 3 is 2.79 bits per heavy atom. The Morgan fingerprint density at radius 2 is 2.06 bits per heavy atom. The smallest absolute Gasteiger partial charge is 0.347 e. The molecular formula is C20H22F3IN8OS. The molecule has 1 atom stereocenters. The maximum Gasteiger partial charge on any atom is 0.451 e. The Bertz CT molecular complexity index is 1230. The summed E-state index contributed by atoms with van der Waals surface area (Å²) in [7, 11) is 0. The van der Waals surface area contributed by atoms with E-state index in [-0.39, 0.29) is 28.9 Å². The number of thiophene rings is 1. The number of nitrogens with one attached hydrogen (secondary N) is 1. The van der Waals surface area contributed by atoms with E-state index in [0.717, 1.165) is 34.0 Å². The van der Waals surface area contributed by atoms with E-state index in [9.17, 15) is 18.0 Å². The molecule has 0 aliphatic carbocycles. The first-order valence-corrected chi connectivity index (χ1v) is 12.9. The molecule has 1 saturated heterocycles. The van der Waals surface area contributed by atoms with Gasteiger partial charge in [-0.05, 0) is 18.9 Å². The highest BCUT2D eigenvalue weighted by Gasteiger charge is 2.40. The molecule has 3 aromatic heterocycles. The summed E-state index contributed by atoms with van der Waals surface area (Å²) in [5, 5.41) is 11.0. The average molecular weight is 606 g/mol. The highest BCUT2D eigenvalue weighted by Crippen LogP contribution is 2.36. The molecule has 182 valence electrons. The summed E-state index contributed by atoms with van der Waals surface area (Å²) >= 11 is 3.35. The molecule has 2 aliphatic rings. The second kappa shape index (κ2) is 9.09. The van der Waals surface area contributed by atoms with Crippen LogP contribution in [0, 0.1) is 0 Å². The lowest BCUT2D eigenvalue weighted by molar-refractivity contribution is -0.147. The molecular weight excluding hydrogens is 584 g/mol. The molecule has 0 unspecified atom stereocenters. The Morgan fingerprint density at radius 1 is 1.24 bits per heavy atom. The Hall–Kier alpha value is -2.23. The number of alkyl halides is 3. The summed E-state index contributed by atoms with van der Waals surface area (Å²) < 4.78 is 40.8. The van der Waals surface area contributed by atoms with Crippen molar-refractivity contribution in [1.29, 1.82) is 0 Å². The lowest BCUT2D eigenvalue weighted by atomic mass is 10.2. The van der Waals surface area contributed by atoms with Gasteiger partial charge in [0.2, 0.25) is 11.8 Å². The number of halogens is 4. The summed E-state index contributed by atoms with van der Waals surface area (Å²) in [6, 6.07) is 2.12. The molecule has 1 N–H and O–H groups in total. The van der Waals surface area contributed by atoms with Gasteiger partial charge in [-0.25, -0.2) is 4.98 Å². The zero-order valence-electron chi connectivity index (χ0n) is 18.3.